The maximum absolute atomic E-state index is 3.85. The van der Waals surface area contributed by atoms with Crippen LogP contribution in [0.25, 0.3) is 0 Å². The van der Waals surface area contributed by atoms with Crippen LogP contribution >= 0.6 is 11.8 Å². The lowest BCUT2D eigenvalue weighted by Crippen LogP contribution is -2.63. The van der Waals surface area contributed by atoms with Crippen molar-refractivity contribution in [1.82, 2.24) is 10.2 Å². The van der Waals surface area contributed by atoms with E-state index in [9.17, 15) is 0 Å². The van der Waals surface area contributed by atoms with E-state index in [2.05, 4.69) is 46.8 Å². The Labute approximate surface area is 133 Å². The zero-order valence-corrected chi connectivity index (χ0v) is 14.0. The molecule has 1 unspecified atom stereocenters. The quantitative estimate of drug-likeness (QED) is 0.913. The van der Waals surface area contributed by atoms with E-state index < -0.39 is 0 Å². The molecule has 0 amide bonds. The Morgan fingerprint density at radius 2 is 1.95 bits per heavy atom. The summed E-state index contributed by atoms with van der Waals surface area (Å²) in [5.74, 6) is 1.25. The molecule has 0 radical (unpaired) electrons. The molecule has 2 nitrogen and oxygen atoms in total. The van der Waals surface area contributed by atoms with E-state index in [0.29, 0.717) is 11.6 Å². The van der Waals surface area contributed by atoms with Crippen LogP contribution in [-0.2, 0) is 0 Å². The molecule has 2 aliphatic rings. The lowest BCUT2D eigenvalue weighted by molar-refractivity contribution is 0.0147. The molecule has 21 heavy (non-hydrogen) atoms. The molecule has 116 valence electrons. The topological polar surface area (TPSA) is 15.3 Å². The second-order valence-corrected chi connectivity index (χ2v) is 7.55. The molecule has 1 atom stereocenters. The smallest absolute Gasteiger partial charge is 0.0450 e. The molecule has 1 aliphatic heterocycles. The molecule has 1 aromatic carbocycles. The first kappa shape index (κ1) is 15.4. The Bertz CT molecular complexity index is 428. The summed E-state index contributed by atoms with van der Waals surface area (Å²) in [4.78, 5) is 2.82. The first-order valence-corrected chi connectivity index (χ1v) is 9.76. The van der Waals surface area contributed by atoms with Crippen molar-refractivity contribution in [3.8, 4) is 0 Å². The first-order chi connectivity index (χ1) is 10.3. The number of benzene rings is 1. The summed E-state index contributed by atoms with van der Waals surface area (Å²) in [6.07, 6.45) is 9.25. The van der Waals surface area contributed by atoms with E-state index in [1.54, 1.807) is 0 Å². The molecule has 2 fully saturated rings. The summed E-state index contributed by atoms with van der Waals surface area (Å²) in [5, 5.41) is 3.85. The van der Waals surface area contributed by atoms with Gasteiger partial charge in [0.25, 0.3) is 0 Å². The maximum Gasteiger partial charge on any atom is 0.0450 e. The highest BCUT2D eigenvalue weighted by Gasteiger charge is 2.41. The number of nitrogens with zero attached hydrogens (tertiary/aromatic N) is 1. The van der Waals surface area contributed by atoms with Crippen molar-refractivity contribution in [3.05, 3.63) is 35.9 Å². The fourth-order valence-corrected chi connectivity index (χ4v) is 4.45. The molecule has 1 N–H and O–H groups in total. The van der Waals surface area contributed by atoms with Gasteiger partial charge < -0.3 is 5.32 Å². The largest absolute Gasteiger partial charge is 0.307 e. The summed E-state index contributed by atoms with van der Waals surface area (Å²) in [7, 11) is 0. The standard InChI is InChI=1S/C18H28N2S/c1-21-13-12-20-14-17(16-8-4-2-5-9-16)19-15-18(20)10-6-3-7-11-18/h2,4-5,8-9,17,19H,3,6-7,10-15H2,1H3. The molecule has 3 rings (SSSR count). The molecule has 1 saturated heterocycles. The highest BCUT2D eigenvalue weighted by Crippen LogP contribution is 2.37. The van der Waals surface area contributed by atoms with Crippen molar-refractivity contribution in [3.63, 3.8) is 0 Å². The van der Waals surface area contributed by atoms with Gasteiger partial charge in [0.15, 0.2) is 0 Å². The summed E-state index contributed by atoms with van der Waals surface area (Å²) in [5.41, 5.74) is 1.89. The molecule has 1 saturated carbocycles. The van der Waals surface area contributed by atoms with Gasteiger partial charge in [0.1, 0.15) is 0 Å². The average Bonchev–Trinajstić information content (AvgIpc) is 2.56. The Morgan fingerprint density at radius 1 is 1.19 bits per heavy atom. The normalized spacial score (nSPS) is 26.0. The molecule has 0 bridgehead atoms. The Hall–Kier alpha value is -0.510. The van der Waals surface area contributed by atoms with Crippen LogP contribution in [-0.4, -0.2) is 42.1 Å². The van der Waals surface area contributed by atoms with Gasteiger partial charge in [0, 0.05) is 37.0 Å². The lowest BCUT2D eigenvalue weighted by atomic mass is 9.78. The van der Waals surface area contributed by atoms with Gasteiger partial charge in [-0.3, -0.25) is 4.90 Å². The Morgan fingerprint density at radius 3 is 2.67 bits per heavy atom. The van der Waals surface area contributed by atoms with E-state index in [-0.39, 0.29) is 0 Å². The predicted molar refractivity (Wildman–Crippen MR) is 93.0 cm³/mol. The van der Waals surface area contributed by atoms with Gasteiger partial charge in [0.05, 0.1) is 0 Å². The Kier molecular flexibility index (Phi) is 5.25. The molecule has 3 heteroatoms. The minimum atomic E-state index is 0.444. The van der Waals surface area contributed by atoms with Crippen LogP contribution in [0.4, 0.5) is 0 Å². The van der Waals surface area contributed by atoms with E-state index in [1.807, 2.05) is 11.8 Å². The van der Waals surface area contributed by atoms with Crippen molar-refractivity contribution < 1.29 is 0 Å². The highest BCUT2D eigenvalue weighted by molar-refractivity contribution is 7.98. The fourth-order valence-electron chi connectivity index (χ4n) is 4.05. The fraction of sp³-hybridized carbons (Fsp3) is 0.667. The van der Waals surface area contributed by atoms with Crippen molar-refractivity contribution in [2.45, 2.75) is 43.7 Å². The molecule has 1 spiro atoms. The Balaban J connectivity index is 1.74. The van der Waals surface area contributed by atoms with Crippen LogP contribution in [0.5, 0.6) is 0 Å². The van der Waals surface area contributed by atoms with Crippen LogP contribution < -0.4 is 5.32 Å². The summed E-state index contributed by atoms with van der Waals surface area (Å²) in [6, 6.07) is 11.5. The van der Waals surface area contributed by atoms with Gasteiger partial charge in [-0.15, -0.1) is 0 Å². The van der Waals surface area contributed by atoms with Gasteiger partial charge >= 0.3 is 0 Å². The molecule has 1 aromatic rings. The zero-order valence-electron chi connectivity index (χ0n) is 13.2. The third kappa shape index (κ3) is 3.46. The van der Waals surface area contributed by atoms with Crippen LogP contribution in [0.15, 0.2) is 30.3 Å². The lowest BCUT2D eigenvalue weighted by Gasteiger charge is -2.52. The minimum Gasteiger partial charge on any atom is -0.307 e. The van der Waals surface area contributed by atoms with Crippen LogP contribution in [0.1, 0.15) is 43.7 Å². The zero-order chi connectivity index (χ0) is 14.5. The van der Waals surface area contributed by atoms with E-state index in [0.717, 1.165) is 0 Å². The highest BCUT2D eigenvalue weighted by atomic mass is 32.2. The van der Waals surface area contributed by atoms with Gasteiger partial charge in [-0.25, -0.2) is 0 Å². The number of thioether (sulfide) groups is 1. The first-order valence-electron chi connectivity index (χ1n) is 8.36. The van der Waals surface area contributed by atoms with Crippen molar-refractivity contribution in [1.29, 1.82) is 0 Å². The third-order valence-corrected chi connectivity index (χ3v) is 5.89. The molecular formula is C18H28N2S. The molecule has 0 aromatic heterocycles. The summed E-state index contributed by atoms with van der Waals surface area (Å²) >= 11 is 1.98. The van der Waals surface area contributed by atoms with Crippen LogP contribution in [0.2, 0.25) is 0 Å². The number of rotatable bonds is 4. The van der Waals surface area contributed by atoms with Crippen LogP contribution in [0.3, 0.4) is 0 Å². The van der Waals surface area contributed by atoms with Crippen molar-refractivity contribution in [2.75, 3.05) is 31.6 Å². The summed E-state index contributed by atoms with van der Waals surface area (Å²) < 4.78 is 0. The van der Waals surface area contributed by atoms with E-state index >= 15 is 0 Å². The molecule has 1 heterocycles. The van der Waals surface area contributed by atoms with Crippen LogP contribution in [0, 0.1) is 0 Å². The minimum absolute atomic E-state index is 0.444. The molecule has 1 aliphatic carbocycles. The number of piperazine rings is 1. The average molecular weight is 305 g/mol. The van der Waals surface area contributed by atoms with Gasteiger partial charge in [-0.2, -0.15) is 11.8 Å². The van der Waals surface area contributed by atoms with Gasteiger partial charge in [-0.05, 0) is 24.7 Å². The van der Waals surface area contributed by atoms with E-state index in [1.165, 1.54) is 63.1 Å². The van der Waals surface area contributed by atoms with Crippen molar-refractivity contribution in [2.24, 2.45) is 0 Å². The number of hydrogen-bond donors (Lipinski definition) is 1. The third-order valence-electron chi connectivity index (χ3n) is 5.30. The number of nitrogens with one attached hydrogen (secondary N) is 1. The number of hydrogen-bond acceptors (Lipinski definition) is 3. The van der Waals surface area contributed by atoms with Gasteiger partial charge in [0.2, 0.25) is 0 Å². The van der Waals surface area contributed by atoms with Crippen molar-refractivity contribution >= 4 is 11.8 Å². The summed E-state index contributed by atoms with van der Waals surface area (Å²) in [6.45, 7) is 3.58. The SMILES string of the molecule is CSCCN1CC(c2ccccc2)NCC12CCCCC2. The maximum atomic E-state index is 3.85. The monoisotopic (exact) mass is 304 g/mol. The van der Waals surface area contributed by atoms with Gasteiger partial charge in [-0.1, -0.05) is 49.6 Å². The second kappa shape index (κ2) is 7.17. The second-order valence-electron chi connectivity index (χ2n) is 6.57. The van der Waals surface area contributed by atoms with E-state index in [4.69, 9.17) is 0 Å². The molecular weight excluding hydrogens is 276 g/mol. The predicted octanol–water partition coefficient (Wildman–Crippen LogP) is 3.70.